The van der Waals surface area contributed by atoms with Crippen molar-refractivity contribution in [3.63, 3.8) is 0 Å². The highest BCUT2D eigenvalue weighted by molar-refractivity contribution is 7.59. The molecule has 2 rings (SSSR count). The minimum absolute atomic E-state index is 0.238. The van der Waals surface area contributed by atoms with Crippen LogP contribution in [0, 0.1) is 0 Å². The van der Waals surface area contributed by atoms with E-state index in [1.54, 1.807) is 50.9 Å². The zero-order chi connectivity index (χ0) is 27.9. The van der Waals surface area contributed by atoms with Crippen molar-refractivity contribution in [1.82, 2.24) is 24.7 Å². The van der Waals surface area contributed by atoms with Crippen molar-refractivity contribution in [3.8, 4) is 0 Å². The fraction of sp³-hybridized carbons (Fsp3) is 0.667. The standard InChI is InChI=1S/C24H41N6O6P/c1-8-12-34-21(31)23(4,5)28-37(33,29-24(6,7)22(32)35-13-9-2)16-36-17(3)14-30-15-27-19-18(25)10-11-26-20(19)30/h10-11,15,17H,8-9,12-14,16H2,1-7H3,(H2,25,26)(H2,28,29,33)/t17-/m1/s1. The van der Waals surface area contributed by atoms with Gasteiger partial charge in [-0.05, 0) is 53.5 Å². The van der Waals surface area contributed by atoms with Crippen LogP contribution in [0.15, 0.2) is 18.6 Å². The Kier molecular flexibility index (Phi) is 10.6. The molecule has 0 aliphatic carbocycles. The summed E-state index contributed by atoms with van der Waals surface area (Å²) >= 11 is 0. The number of pyridine rings is 1. The number of nitrogen functional groups attached to an aromatic ring is 1. The van der Waals surface area contributed by atoms with Gasteiger partial charge in [0.2, 0.25) is 7.44 Å². The lowest BCUT2D eigenvalue weighted by molar-refractivity contribution is -0.149. The van der Waals surface area contributed by atoms with Gasteiger partial charge in [-0.15, -0.1) is 0 Å². The summed E-state index contributed by atoms with van der Waals surface area (Å²) in [5.74, 6) is -1.13. The lowest BCUT2D eigenvalue weighted by Crippen LogP contribution is -2.54. The summed E-state index contributed by atoms with van der Waals surface area (Å²) in [4.78, 5) is 33.9. The van der Waals surface area contributed by atoms with Gasteiger partial charge in [0, 0.05) is 6.20 Å². The van der Waals surface area contributed by atoms with Crippen LogP contribution in [-0.4, -0.2) is 63.2 Å². The topological polar surface area (TPSA) is 160 Å². The summed E-state index contributed by atoms with van der Waals surface area (Å²) in [6, 6.07) is 1.67. The lowest BCUT2D eigenvalue weighted by atomic mass is 10.1. The molecular weight excluding hydrogens is 499 g/mol. The van der Waals surface area contributed by atoms with Gasteiger partial charge in [0.25, 0.3) is 0 Å². The summed E-state index contributed by atoms with van der Waals surface area (Å²) < 4.78 is 32.5. The number of fused-ring (bicyclic) bond motifs is 1. The number of aromatic nitrogens is 3. The second-order valence-electron chi connectivity index (χ2n) is 10.1. The Bertz CT molecular complexity index is 1080. The van der Waals surface area contributed by atoms with Crippen LogP contribution >= 0.6 is 7.44 Å². The molecule has 0 aliphatic rings. The number of esters is 2. The van der Waals surface area contributed by atoms with Gasteiger partial charge in [-0.2, -0.15) is 0 Å². The third-order valence-corrected chi connectivity index (χ3v) is 7.70. The van der Waals surface area contributed by atoms with Crippen molar-refractivity contribution < 1.29 is 28.4 Å². The molecule has 37 heavy (non-hydrogen) atoms. The fourth-order valence-corrected chi connectivity index (χ4v) is 6.15. The number of rotatable bonds is 15. The number of nitrogens with zero attached hydrogens (tertiary/aromatic N) is 3. The molecule has 0 saturated heterocycles. The molecule has 2 aromatic rings. The van der Waals surface area contributed by atoms with Crippen LogP contribution in [0.1, 0.15) is 61.3 Å². The Balaban J connectivity index is 2.21. The van der Waals surface area contributed by atoms with E-state index in [-0.39, 0.29) is 19.6 Å². The molecule has 0 saturated carbocycles. The number of ether oxygens (including phenoxy) is 3. The molecule has 1 atom stereocenters. The van der Waals surface area contributed by atoms with Gasteiger partial charge in [-0.25, -0.2) is 20.1 Å². The minimum Gasteiger partial charge on any atom is -0.464 e. The van der Waals surface area contributed by atoms with Crippen LogP contribution in [0.2, 0.25) is 0 Å². The van der Waals surface area contributed by atoms with E-state index in [1.165, 1.54) is 0 Å². The van der Waals surface area contributed by atoms with Crippen molar-refractivity contribution in [1.29, 1.82) is 0 Å². The largest absolute Gasteiger partial charge is 0.464 e. The van der Waals surface area contributed by atoms with Gasteiger partial charge >= 0.3 is 11.9 Å². The summed E-state index contributed by atoms with van der Waals surface area (Å²) in [7, 11) is -3.72. The molecule has 0 aliphatic heterocycles. The predicted octanol–water partition coefficient (Wildman–Crippen LogP) is 3.21. The summed E-state index contributed by atoms with van der Waals surface area (Å²) in [6.45, 7) is 12.7. The molecule has 0 amide bonds. The number of hydrogen-bond acceptors (Lipinski definition) is 9. The van der Waals surface area contributed by atoms with Crippen LogP contribution in [0.5, 0.6) is 0 Å². The molecule has 2 aromatic heterocycles. The zero-order valence-corrected chi connectivity index (χ0v) is 23.8. The van der Waals surface area contributed by atoms with Crippen molar-refractivity contribution in [3.05, 3.63) is 18.6 Å². The maximum Gasteiger partial charge on any atom is 0.326 e. The highest BCUT2D eigenvalue weighted by Gasteiger charge is 2.43. The Hall–Kier alpha value is -2.53. The molecule has 13 heteroatoms. The van der Waals surface area contributed by atoms with Crippen LogP contribution in [-0.2, 0) is 34.9 Å². The maximum atomic E-state index is 14.2. The summed E-state index contributed by atoms with van der Waals surface area (Å²) in [6.07, 6.45) is 3.77. The molecule has 0 radical (unpaired) electrons. The maximum absolute atomic E-state index is 14.2. The van der Waals surface area contributed by atoms with E-state index in [9.17, 15) is 14.2 Å². The number of anilines is 1. The summed E-state index contributed by atoms with van der Waals surface area (Å²) in [5.41, 5.74) is 5.03. The predicted molar refractivity (Wildman–Crippen MR) is 142 cm³/mol. The van der Waals surface area contributed by atoms with Crippen LogP contribution in [0.3, 0.4) is 0 Å². The monoisotopic (exact) mass is 540 g/mol. The number of carbonyl (C=O) groups excluding carboxylic acids is 2. The lowest BCUT2D eigenvalue weighted by Gasteiger charge is -2.35. The first kappa shape index (κ1) is 30.7. The number of nitrogens with one attached hydrogen (secondary N) is 2. The fourth-order valence-electron chi connectivity index (χ4n) is 3.51. The van der Waals surface area contributed by atoms with Gasteiger partial charge in [-0.3, -0.25) is 14.2 Å². The highest BCUT2D eigenvalue weighted by atomic mass is 31.2. The zero-order valence-electron chi connectivity index (χ0n) is 22.9. The van der Waals surface area contributed by atoms with Crippen molar-refractivity contribution in [2.75, 3.05) is 25.3 Å². The van der Waals surface area contributed by atoms with Gasteiger partial charge < -0.3 is 24.5 Å². The highest BCUT2D eigenvalue weighted by Crippen LogP contribution is 2.42. The van der Waals surface area contributed by atoms with Gasteiger partial charge in [0.05, 0.1) is 37.9 Å². The first-order chi connectivity index (χ1) is 17.2. The summed E-state index contributed by atoms with van der Waals surface area (Å²) in [5, 5.41) is 5.77. The Morgan fingerprint density at radius 2 is 1.59 bits per heavy atom. The normalized spacial score (nSPS) is 13.5. The van der Waals surface area contributed by atoms with Gasteiger partial charge in [-0.1, -0.05) is 13.8 Å². The third kappa shape index (κ3) is 8.49. The first-order valence-electron chi connectivity index (χ1n) is 12.4. The van der Waals surface area contributed by atoms with Crippen molar-refractivity contribution >= 4 is 36.2 Å². The van der Waals surface area contributed by atoms with E-state index in [4.69, 9.17) is 19.9 Å². The molecular formula is C24H41N6O6P. The Morgan fingerprint density at radius 1 is 1.05 bits per heavy atom. The molecule has 0 spiro atoms. The smallest absolute Gasteiger partial charge is 0.326 e. The second kappa shape index (κ2) is 12.8. The molecule has 12 nitrogen and oxygen atoms in total. The molecule has 0 unspecified atom stereocenters. The first-order valence-corrected chi connectivity index (χ1v) is 14.3. The quantitative estimate of drug-likeness (QED) is 0.225. The van der Waals surface area contributed by atoms with Crippen molar-refractivity contribution in [2.45, 2.75) is 85.0 Å². The number of nitrogens with two attached hydrogens (primary N) is 1. The van der Waals surface area contributed by atoms with E-state index >= 15 is 0 Å². The van der Waals surface area contributed by atoms with E-state index in [1.807, 2.05) is 20.8 Å². The average molecular weight is 541 g/mol. The van der Waals surface area contributed by atoms with Gasteiger partial charge in [0.15, 0.2) is 5.65 Å². The molecule has 0 fully saturated rings. The Morgan fingerprint density at radius 3 is 2.11 bits per heavy atom. The van der Waals surface area contributed by atoms with Gasteiger partial charge in [0.1, 0.15) is 22.9 Å². The van der Waals surface area contributed by atoms with Crippen molar-refractivity contribution in [2.24, 2.45) is 0 Å². The number of hydrogen-bond donors (Lipinski definition) is 3. The number of carbonyl (C=O) groups is 2. The van der Waals surface area contributed by atoms with E-state index in [0.29, 0.717) is 36.2 Å². The minimum atomic E-state index is -3.72. The van der Waals surface area contributed by atoms with E-state index in [2.05, 4.69) is 20.1 Å². The molecule has 0 aromatic carbocycles. The Labute approximate surface area is 218 Å². The second-order valence-corrected chi connectivity index (χ2v) is 12.2. The van der Waals surface area contributed by atoms with Crippen LogP contribution < -0.4 is 15.9 Å². The van der Waals surface area contributed by atoms with E-state index < -0.39 is 36.6 Å². The third-order valence-electron chi connectivity index (χ3n) is 5.34. The SMILES string of the molecule is CCCOC(=O)C(C)(C)NP(=O)(CO[C@H](C)Cn1cnc2c(N)ccnc21)NC(C)(C)C(=O)OCCC. The number of imidazole rings is 1. The molecule has 0 bridgehead atoms. The molecule has 208 valence electrons. The molecule has 4 N–H and O–H groups in total. The average Bonchev–Trinajstić information content (AvgIpc) is 3.22. The van der Waals surface area contributed by atoms with Crippen LogP contribution in [0.4, 0.5) is 5.69 Å². The van der Waals surface area contributed by atoms with E-state index in [0.717, 1.165) is 0 Å². The van der Waals surface area contributed by atoms with Crippen LogP contribution in [0.25, 0.3) is 11.2 Å². The molecule has 2 heterocycles.